The second kappa shape index (κ2) is 6.78. The lowest BCUT2D eigenvalue weighted by molar-refractivity contribution is 0.280. The van der Waals surface area contributed by atoms with Crippen molar-refractivity contribution in [3.05, 3.63) is 70.6 Å². The first-order chi connectivity index (χ1) is 13.7. The third kappa shape index (κ3) is 2.85. The van der Waals surface area contributed by atoms with Crippen LogP contribution in [0.3, 0.4) is 0 Å². The maximum Gasteiger partial charge on any atom is 0.250 e. The lowest BCUT2D eigenvalue weighted by Gasteiger charge is -2.43. The molecule has 6 heteroatoms. The first-order valence-electron chi connectivity index (χ1n) is 9.65. The molecule has 28 heavy (non-hydrogen) atoms. The molecule has 0 saturated carbocycles. The van der Waals surface area contributed by atoms with Crippen molar-refractivity contribution in [3.8, 4) is 17.0 Å². The third-order valence-electron chi connectivity index (χ3n) is 5.84. The molecule has 0 unspecified atom stereocenters. The topological polar surface area (TPSA) is 60.2 Å². The Balaban J connectivity index is 1.42. The lowest BCUT2D eigenvalue weighted by Crippen LogP contribution is -2.47. The standard InChI is InChI=1S/C22H22N4O2/c1-28-20-7-3-2-5-17(20)18-9-10-21(24-23-18)25-12-15-11-16(14-25)19-6-4-8-22(27)26(19)13-15/h2-10,15-16H,11-14H2,1H3/t15-,16-/m0/s1. The molecular weight excluding hydrogens is 352 g/mol. The van der Waals surface area contributed by atoms with Crippen molar-refractivity contribution >= 4 is 5.82 Å². The minimum atomic E-state index is 0.113. The molecule has 2 bridgehead atoms. The molecule has 4 heterocycles. The molecule has 0 radical (unpaired) electrons. The van der Waals surface area contributed by atoms with Crippen molar-refractivity contribution in [2.75, 3.05) is 25.1 Å². The fourth-order valence-corrected chi connectivity index (χ4v) is 4.58. The van der Waals surface area contributed by atoms with Gasteiger partial charge in [0.05, 0.1) is 12.8 Å². The maximum atomic E-state index is 12.2. The number of hydrogen-bond acceptors (Lipinski definition) is 5. The first kappa shape index (κ1) is 17.0. The number of piperidine rings is 1. The SMILES string of the molecule is COc1ccccc1-c1ccc(N2C[C@@H]3C[C@@H](C2)c2cccc(=O)n2C3)nn1. The smallest absolute Gasteiger partial charge is 0.250 e. The zero-order chi connectivity index (χ0) is 19.1. The van der Waals surface area contributed by atoms with Crippen LogP contribution in [-0.4, -0.2) is 35.0 Å². The van der Waals surface area contributed by atoms with Crippen LogP contribution in [0.5, 0.6) is 5.75 Å². The van der Waals surface area contributed by atoms with E-state index >= 15 is 0 Å². The van der Waals surface area contributed by atoms with Gasteiger partial charge in [-0.3, -0.25) is 4.79 Å². The summed E-state index contributed by atoms with van der Waals surface area (Å²) in [6.07, 6.45) is 1.13. The van der Waals surface area contributed by atoms with Gasteiger partial charge in [0.2, 0.25) is 0 Å². The second-order valence-corrected chi connectivity index (χ2v) is 7.58. The summed E-state index contributed by atoms with van der Waals surface area (Å²) in [6.45, 7) is 2.55. The van der Waals surface area contributed by atoms with Crippen molar-refractivity contribution < 1.29 is 4.74 Å². The van der Waals surface area contributed by atoms with Crippen LogP contribution in [-0.2, 0) is 6.54 Å². The summed E-state index contributed by atoms with van der Waals surface area (Å²) in [6, 6.07) is 17.5. The minimum absolute atomic E-state index is 0.113. The monoisotopic (exact) mass is 374 g/mol. The molecule has 1 aromatic carbocycles. The minimum Gasteiger partial charge on any atom is -0.496 e. The van der Waals surface area contributed by atoms with E-state index in [-0.39, 0.29) is 5.56 Å². The van der Waals surface area contributed by atoms with Crippen LogP contribution in [0.2, 0.25) is 0 Å². The molecule has 2 atom stereocenters. The number of hydrogen-bond donors (Lipinski definition) is 0. The van der Waals surface area contributed by atoms with Gasteiger partial charge in [0.15, 0.2) is 5.82 Å². The van der Waals surface area contributed by atoms with Crippen molar-refractivity contribution in [2.45, 2.75) is 18.9 Å². The van der Waals surface area contributed by atoms with Gasteiger partial charge in [-0.25, -0.2) is 0 Å². The molecule has 0 N–H and O–H groups in total. The largest absolute Gasteiger partial charge is 0.496 e. The Morgan fingerprint density at radius 2 is 1.86 bits per heavy atom. The number of nitrogens with zero attached hydrogens (tertiary/aromatic N) is 4. The highest BCUT2D eigenvalue weighted by Crippen LogP contribution is 2.36. The Hall–Kier alpha value is -3.15. The van der Waals surface area contributed by atoms with E-state index in [1.54, 1.807) is 13.2 Å². The molecule has 0 aliphatic carbocycles. The molecule has 2 aliphatic heterocycles. The number of aromatic nitrogens is 3. The average molecular weight is 374 g/mol. The summed E-state index contributed by atoms with van der Waals surface area (Å²) in [7, 11) is 1.66. The predicted molar refractivity (Wildman–Crippen MR) is 108 cm³/mol. The number of para-hydroxylation sites is 1. The van der Waals surface area contributed by atoms with Gasteiger partial charge in [0, 0.05) is 42.9 Å². The average Bonchev–Trinajstić information content (AvgIpc) is 2.74. The van der Waals surface area contributed by atoms with E-state index in [2.05, 4.69) is 21.2 Å². The van der Waals surface area contributed by atoms with Crippen LogP contribution < -0.4 is 15.2 Å². The highest BCUT2D eigenvalue weighted by Gasteiger charge is 2.35. The Morgan fingerprint density at radius 1 is 0.964 bits per heavy atom. The molecule has 2 aliphatic rings. The van der Waals surface area contributed by atoms with Crippen LogP contribution in [0, 0.1) is 5.92 Å². The van der Waals surface area contributed by atoms with Crippen molar-refractivity contribution in [1.29, 1.82) is 0 Å². The molecule has 0 spiro atoms. The molecule has 6 nitrogen and oxygen atoms in total. The van der Waals surface area contributed by atoms with E-state index in [0.29, 0.717) is 11.8 Å². The molecule has 2 aromatic heterocycles. The van der Waals surface area contributed by atoms with Gasteiger partial charge in [0.25, 0.3) is 5.56 Å². The summed E-state index contributed by atoms with van der Waals surface area (Å²) in [5.74, 6) is 2.50. The quantitative estimate of drug-likeness (QED) is 0.705. The molecular formula is C22H22N4O2. The number of ether oxygens (including phenoxy) is 1. The van der Waals surface area contributed by atoms with E-state index in [1.807, 2.05) is 47.0 Å². The van der Waals surface area contributed by atoms with Gasteiger partial charge < -0.3 is 14.2 Å². The summed E-state index contributed by atoms with van der Waals surface area (Å²) in [5, 5.41) is 8.97. The van der Waals surface area contributed by atoms with E-state index in [1.165, 1.54) is 0 Å². The molecule has 1 fully saturated rings. The van der Waals surface area contributed by atoms with Gasteiger partial charge >= 0.3 is 0 Å². The number of anilines is 1. The maximum absolute atomic E-state index is 12.2. The van der Waals surface area contributed by atoms with E-state index in [4.69, 9.17) is 4.74 Å². The van der Waals surface area contributed by atoms with Crippen LogP contribution >= 0.6 is 0 Å². The zero-order valence-electron chi connectivity index (χ0n) is 15.8. The van der Waals surface area contributed by atoms with Crippen LogP contribution in [0.4, 0.5) is 5.82 Å². The Labute approximate surface area is 163 Å². The Kier molecular flexibility index (Phi) is 4.11. The molecule has 142 valence electrons. The molecule has 3 aromatic rings. The number of pyridine rings is 1. The number of rotatable bonds is 3. The number of fused-ring (bicyclic) bond motifs is 4. The number of benzene rings is 1. The van der Waals surface area contributed by atoms with E-state index in [9.17, 15) is 4.79 Å². The van der Waals surface area contributed by atoms with E-state index < -0.39 is 0 Å². The fraction of sp³-hybridized carbons (Fsp3) is 0.318. The Morgan fingerprint density at radius 3 is 2.68 bits per heavy atom. The van der Waals surface area contributed by atoms with Gasteiger partial charge in [-0.2, -0.15) is 0 Å². The van der Waals surface area contributed by atoms with Gasteiger partial charge in [-0.1, -0.05) is 18.2 Å². The van der Waals surface area contributed by atoms with E-state index in [0.717, 1.165) is 54.6 Å². The van der Waals surface area contributed by atoms with Crippen molar-refractivity contribution in [3.63, 3.8) is 0 Å². The second-order valence-electron chi connectivity index (χ2n) is 7.58. The molecule has 5 rings (SSSR count). The van der Waals surface area contributed by atoms with Gasteiger partial charge in [-0.15, -0.1) is 10.2 Å². The van der Waals surface area contributed by atoms with Crippen molar-refractivity contribution in [1.82, 2.24) is 14.8 Å². The number of methoxy groups -OCH3 is 1. The van der Waals surface area contributed by atoms with Gasteiger partial charge in [0.1, 0.15) is 5.75 Å². The zero-order valence-corrected chi connectivity index (χ0v) is 15.8. The highest BCUT2D eigenvalue weighted by atomic mass is 16.5. The van der Waals surface area contributed by atoms with Gasteiger partial charge in [-0.05, 0) is 42.7 Å². The fourth-order valence-electron chi connectivity index (χ4n) is 4.58. The van der Waals surface area contributed by atoms with Crippen LogP contribution in [0.1, 0.15) is 18.0 Å². The van der Waals surface area contributed by atoms with Crippen LogP contribution in [0.25, 0.3) is 11.3 Å². The van der Waals surface area contributed by atoms with Crippen LogP contribution in [0.15, 0.2) is 59.4 Å². The highest BCUT2D eigenvalue weighted by molar-refractivity contribution is 5.67. The predicted octanol–water partition coefficient (Wildman–Crippen LogP) is 2.94. The first-order valence-corrected chi connectivity index (χ1v) is 9.65. The third-order valence-corrected chi connectivity index (χ3v) is 5.84. The van der Waals surface area contributed by atoms with Crippen molar-refractivity contribution in [2.24, 2.45) is 5.92 Å². The normalized spacial score (nSPS) is 20.5. The molecule has 1 saturated heterocycles. The lowest BCUT2D eigenvalue weighted by atomic mass is 9.83. The summed E-state index contributed by atoms with van der Waals surface area (Å²) in [4.78, 5) is 14.5. The summed E-state index contributed by atoms with van der Waals surface area (Å²) >= 11 is 0. The Bertz CT molecular complexity index is 1060. The summed E-state index contributed by atoms with van der Waals surface area (Å²) < 4.78 is 7.38. The molecule has 0 amide bonds. The summed E-state index contributed by atoms with van der Waals surface area (Å²) in [5.41, 5.74) is 3.00.